The van der Waals surface area contributed by atoms with Gasteiger partial charge in [-0.3, -0.25) is 0 Å². The Hall–Kier alpha value is -0.198. The summed E-state index contributed by atoms with van der Waals surface area (Å²) >= 11 is 0. The zero-order valence-electron chi connectivity index (χ0n) is 6.78. The van der Waals surface area contributed by atoms with E-state index in [0.717, 1.165) is 0 Å². The van der Waals surface area contributed by atoms with Crippen molar-refractivity contribution in [3.63, 3.8) is 0 Å². The zero-order chi connectivity index (χ0) is 6.69. The van der Waals surface area contributed by atoms with Gasteiger partial charge in [0.2, 0.25) is 0 Å². The second kappa shape index (κ2) is 4.59. The van der Waals surface area contributed by atoms with E-state index < -0.39 is 0 Å². The van der Waals surface area contributed by atoms with Crippen molar-refractivity contribution in [1.29, 1.82) is 0 Å². The van der Waals surface area contributed by atoms with Crippen molar-refractivity contribution in [1.82, 2.24) is 0 Å². The summed E-state index contributed by atoms with van der Waals surface area (Å²) < 4.78 is 0. The van der Waals surface area contributed by atoms with Crippen molar-refractivity contribution in [3.8, 4) is 11.1 Å². The van der Waals surface area contributed by atoms with Crippen molar-refractivity contribution in [2.75, 3.05) is 0 Å². The molecule has 2 rings (SSSR count). The molecule has 0 bridgehead atoms. The van der Waals surface area contributed by atoms with Crippen molar-refractivity contribution in [2.24, 2.45) is 0 Å². The molecule has 1 radical (unpaired) electrons. The van der Waals surface area contributed by atoms with Crippen LogP contribution in [-0.2, 0) is 0 Å². The molecule has 0 saturated heterocycles. The maximum Gasteiger partial charge on any atom is 1.00 e. The minimum absolute atomic E-state index is 0. The number of hydrogen-bond acceptors (Lipinski definition) is 2. The van der Waals surface area contributed by atoms with Gasteiger partial charge in [0.25, 0.3) is 0 Å². The molecule has 2 aliphatic carbocycles. The fourth-order valence-electron chi connectivity index (χ4n) is 0.663. The molecular weight excluding hydrogens is 122 g/mol. The van der Waals surface area contributed by atoms with Crippen LogP contribution in [0.2, 0.25) is 0 Å². The standard InChI is InChI=1S/C6H4.BH2O2.Li.H/c1-2-6-4-3-5(1)6;2-1-3;;/h1-4H;2-3H;;/q;;+1;-1. The average Bonchev–Trinajstić information content (AvgIpc) is 1.81. The monoisotopic (exact) mass is 129 g/mol. The van der Waals surface area contributed by atoms with Crippen LogP contribution in [0, 0.1) is 0 Å². The summed E-state index contributed by atoms with van der Waals surface area (Å²) in [5.74, 6) is 0. The predicted octanol–water partition coefficient (Wildman–Crippen LogP) is -2.71. The number of rotatable bonds is 0. The third-order valence-electron chi connectivity index (χ3n) is 1.22. The van der Waals surface area contributed by atoms with E-state index in [1.807, 2.05) is 0 Å². The smallest absolute Gasteiger partial charge is 1.00 e. The summed E-state index contributed by atoms with van der Waals surface area (Å²) in [7, 11) is 0. The zero-order valence-corrected chi connectivity index (χ0v) is 5.78. The first-order chi connectivity index (χ1) is 4.38. The summed E-state index contributed by atoms with van der Waals surface area (Å²) in [4.78, 5) is 0. The average molecular weight is 129 g/mol. The normalized spacial score (nSPS) is 8.20. The van der Waals surface area contributed by atoms with Gasteiger partial charge in [-0.1, -0.05) is 24.3 Å². The van der Waals surface area contributed by atoms with Gasteiger partial charge in [0.05, 0.1) is 0 Å². The van der Waals surface area contributed by atoms with E-state index in [9.17, 15) is 0 Å². The third-order valence-corrected chi connectivity index (χ3v) is 1.22. The molecule has 47 valence electrons. The van der Waals surface area contributed by atoms with Crippen LogP contribution >= 0.6 is 0 Å². The van der Waals surface area contributed by atoms with Gasteiger partial charge in [0.15, 0.2) is 0 Å². The van der Waals surface area contributed by atoms with Gasteiger partial charge in [0.1, 0.15) is 0 Å². The molecule has 0 spiro atoms. The second-order valence-electron chi connectivity index (χ2n) is 1.69. The number of fused-ring (bicyclic) bond motifs is 1. The molecule has 0 heterocycles. The van der Waals surface area contributed by atoms with Gasteiger partial charge in [-0.2, -0.15) is 0 Å². The Morgan fingerprint density at radius 2 is 1.20 bits per heavy atom. The Labute approximate surface area is 73.9 Å². The molecule has 2 aliphatic rings. The van der Waals surface area contributed by atoms with E-state index in [0.29, 0.717) is 0 Å². The molecule has 4 heteroatoms. The summed E-state index contributed by atoms with van der Waals surface area (Å²) in [5, 5.41) is 14.0. The SMILES string of the molecule is O[B]O.[H-].[Li+].c1cc2ccc1-2. The summed E-state index contributed by atoms with van der Waals surface area (Å²) in [6, 6.07) is 8.48. The molecular formula is C6H7BLiO2. The molecule has 0 aliphatic heterocycles. The fraction of sp³-hybridized carbons (Fsp3) is 0. The number of benzene rings is 1. The van der Waals surface area contributed by atoms with Crippen molar-refractivity contribution < 1.29 is 30.3 Å². The first kappa shape index (κ1) is 9.80. The van der Waals surface area contributed by atoms with E-state index in [1.165, 1.54) is 11.1 Å². The Morgan fingerprint density at radius 3 is 1.20 bits per heavy atom. The molecule has 2 N–H and O–H groups in total. The molecule has 0 aromatic carbocycles. The van der Waals surface area contributed by atoms with E-state index in [4.69, 9.17) is 10.0 Å². The molecule has 0 aromatic heterocycles. The van der Waals surface area contributed by atoms with Crippen LogP contribution in [0.25, 0.3) is 11.1 Å². The predicted molar refractivity (Wildman–Crippen MR) is 36.7 cm³/mol. The number of hydrogen-bond donors (Lipinski definition) is 2. The van der Waals surface area contributed by atoms with Crippen molar-refractivity contribution in [2.45, 2.75) is 0 Å². The summed E-state index contributed by atoms with van der Waals surface area (Å²) in [6.07, 6.45) is 0. The van der Waals surface area contributed by atoms with E-state index in [2.05, 4.69) is 24.3 Å². The Balaban J connectivity index is 0. The third kappa shape index (κ3) is 1.90. The van der Waals surface area contributed by atoms with Crippen LogP contribution in [0.3, 0.4) is 0 Å². The molecule has 2 nitrogen and oxygen atoms in total. The first-order valence-corrected chi connectivity index (χ1v) is 2.59. The minimum Gasteiger partial charge on any atom is -1.00 e. The van der Waals surface area contributed by atoms with Gasteiger partial charge >= 0.3 is 26.5 Å². The van der Waals surface area contributed by atoms with Crippen LogP contribution in [0.4, 0.5) is 0 Å². The van der Waals surface area contributed by atoms with Crippen LogP contribution in [0.1, 0.15) is 1.43 Å². The van der Waals surface area contributed by atoms with E-state index >= 15 is 0 Å². The fourth-order valence-corrected chi connectivity index (χ4v) is 0.663. The van der Waals surface area contributed by atoms with Gasteiger partial charge in [0, 0.05) is 0 Å². The maximum absolute atomic E-state index is 7.00. The van der Waals surface area contributed by atoms with E-state index in [-0.39, 0.29) is 28.0 Å². The van der Waals surface area contributed by atoms with Crippen LogP contribution in [0.15, 0.2) is 24.3 Å². The summed E-state index contributed by atoms with van der Waals surface area (Å²) in [6.45, 7) is 0. The molecule has 0 aromatic rings. The summed E-state index contributed by atoms with van der Waals surface area (Å²) in [5.41, 5.74) is 2.85. The van der Waals surface area contributed by atoms with Crippen LogP contribution in [-0.4, -0.2) is 17.7 Å². The van der Waals surface area contributed by atoms with Gasteiger partial charge < -0.3 is 11.5 Å². The van der Waals surface area contributed by atoms with Crippen molar-refractivity contribution in [3.05, 3.63) is 24.3 Å². The van der Waals surface area contributed by atoms with Crippen LogP contribution < -0.4 is 18.9 Å². The van der Waals surface area contributed by atoms with Crippen molar-refractivity contribution >= 4 is 7.69 Å². The Bertz CT molecular complexity index is 171. The topological polar surface area (TPSA) is 40.5 Å². The van der Waals surface area contributed by atoms with Gasteiger partial charge in [-0.25, -0.2) is 0 Å². The Morgan fingerprint density at radius 1 is 1.00 bits per heavy atom. The largest absolute Gasteiger partial charge is 1.00 e. The van der Waals surface area contributed by atoms with Gasteiger partial charge in [-0.15, -0.1) is 0 Å². The quantitative estimate of drug-likeness (QED) is 0.379. The molecule has 0 amide bonds. The second-order valence-corrected chi connectivity index (χ2v) is 1.69. The van der Waals surface area contributed by atoms with Gasteiger partial charge in [-0.05, 0) is 11.1 Å². The molecule has 0 saturated carbocycles. The first-order valence-electron chi connectivity index (χ1n) is 2.59. The Kier molecular flexibility index (Phi) is 4.50. The van der Waals surface area contributed by atoms with Crippen LogP contribution in [0.5, 0.6) is 0 Å². The molecule has 0 atom stereocenters. The minimum atomic E-state index is 0. The molecule has 10 heavy (non-hydrogen) atoms. The molecule has 0 unspecified atom stereocenters. The maximum atomic E-state index is 7.00. The molecule has 0 fully saturated rings. The van der Waals surface area contributed by atoms with E-state index in [1.54, 1.807) is 0 Å².